The van der Waals surface area contributed by atoms with Crippen LogP contribution in [0.5, 0.6) is 0 Å². The standard InChI is InChI=1S/C17H30ClN5O/c1-19-16(23(5)12-15-10-14(18)11-22(15)4)20-13-17(21(2)3)6-8-24-9-7-17/h10-11H,6-9,12-13H2,1-5H3,(H,19,20). The highest BCUT2D eigenvalue weighted by Gasteiger charge is 2.35. The van der Waals surface area contributed by atoms with Crippen LogP contribution in [0.2, 0.25) is 5.02 Å². The summed E-state index contributed by atoms with van der Waals surface area (Å²) >= 11 is 6.08. The molecule has 0 aliphatic carbocycles. The number of nitrogens with zero attached hydrogens (tertiary/aromatic N) is 4. The average Bonchev–Trinajstić information content (AvgIpc) is 2.86. The van der Waals surface area contributed by atoms with Gasteiger partial charge in [0.15, 0.2) is 5.96 Å². The van der Waals surface area contributed by atoms with Crippen LogP contribution in [0.1, 0.15) is 18.5 Å². The smallest absolute Gasteiger partial charge is 0.193 e. The van der Waals surface area contributed by atoms with Crippen LogP contribution in [0.15, 0.2) is 17.3 Å². The fourth-order valence-corrected chi connectivity index (χ4v) is 3.48. The highest BCUT2D eigenvalue weighted by atomic mass is 35.5. The molecule has 24 heavy (non-hydrogen) atoms. The van der Waals surface area contributed by atoms with E-state index in [2.05, 4.69) is 34.2 Å². The predicted molar refractivity (Wildman–Crippen MR) is 99.7 cm³/mol. The summed E-state index contributed by atoms with van der Waals surface area (Å²) in [5.41, 5.74) is 1.27. The summed E-state index contributed by atoms with van der Waals surface area (Å²) < 4.78 is 7.59. The maximum absolute atomic E-state index is 6.08. The van der Waals surface area contributed by atoms with E-state index in [1.807, 2.05) is 38.0 Å². The third-order valence-corrected chi connectivity index (χ3v) is 5.20. The highest BCUT2D eigenvalue weighted by Crippen LogP contribution is 2.25. The van der Waals surface area contributed by atoms with Crippen molar-refractivity contribution < 1.29 is 4.74 Å². The Bertz CT molecular complexity index is 563. The van der Waals surface area contributed by atoms with Crippen molar-refractivity contribution in [3.63, 3.8) is 0 Å². The minimum atomic E-state index is 0.114. The number of rotatable bonds is 5. The lowest BCUT2D eigenvalue weighted by molar-refractivity contribution is -0.00522. The van der Waals surface area contributed by atoms with Crippen LogP contribution in [0.4, 0.5) is 0 Å². The molecule has 0 atom stereocenters. The second-order valence-corrected chi connectivity index (χ2v) is 7.18. The molecule has 7 heteroatoms. The molecule has 0 amide bonds. The molecule has 6 nitrogen and oxygen atoms in total. The number of nitrogens with one attached hydrogen (secondary N) is 1. The van der Waals surface area contributed by atoms with E-state index in [1.54, 1.807) is 0 Å². The Balaban J connectivity index is 1.99. The van der Waals surface area contributed by atoms with Gasteiger partial charge in [-0.3, -0.25) is 4.99 Å². The topological polar surface area (TPSA) is 45.0 Å². The molecule has 0 saturated carbocycles. The summed E-state index contributed by atoms with van der Waals surface area (Å²) in [6.45, 7) is 3.24. The zero-order valence-corrected chi connectivity index (χ0v) is 16.2. The van der Waals surface area contributed by atoms with Gasteiger partial charge in [0.1, 0.15) is 0 Å². The molecule has 1 aromatic rings. The fraction of sp³-hybridized carbons (Fsp3) is 0.706. The van der Waals surface area contributed by atoms with Gasteiger partial charge >= 0.3 is 0 Å². The lowest BCUT2D eigenvalue weighted by atomic mass is 9.88. The van der Waals surface area contributed by atoms with Gasteiger partial charge in [0, 0.05) is 58.3 Å². The lowest BCUT2D eigenvalue weighted by Crippen LogP contribution is -2.57. The van der Waals surface area contributed by atoms with Gasteiger partial charge in [0.2, 0.25) is 0 Å². The van der Waals surface area contributed by atoms with E-state index in [1.165, 1.54) is 0 Å². The van der Waals surface area contributed by atoms with Crippen molar-refractivity contribution in [3.05, 3.63) is 23.0 Å². The third-order valence-electron chi connectivity index (χ3n) is 4.99. The molecule has 1 N–H and O–H groups in total. The van der Waals surface area contributed by atoms with E-state index >= 15 is 0 Å². The van der Waals surface area contributed by atoms with Crippen molar-refractivity contribution in [1.29, 1.82) is 0 Å². The van der Waals surface area contributed by atoms with Crippen molar-refractivity contribution in [3.8, 4) is 0 Å². The normalized spacial score (nSPS) is 18.0. The molecule has 136 valence electrons. The molecule has 0 spiro atoms. The molecule has 2 heterocycles. The number of halogens is 1. The fourth-order valence-electron chi connectivity index (χ4n) is 3.20. The van der Waals surface area contributed by atoms with Crippen molar-refractivity contribution in [2.45, 2.75) is 24.9 Å². The van der Waals surface area contributed by atoms with Crippen molar-refractivity contribution in [2.24, 2.45) is 12.0 Å². The van der Waals surface area contributed by atoms with Gasteiger partial charge in [-0.15, -0.1) is 0 Å². The molecule has 2 rings (SSSR count). The zero-order valence-electron chi connectivity index (χ0n) is 15.5. The Kier molecular flexibility index (Phi) is 6.54. The average molecular weight is 356 g/mol. The van der Waals surface area contributed by atoms with Crippen LogP contribution in [0.25, 0.3) is 0 Å². The summed E-state index contributed by atoms with van der Waals surface area (Å²) in [6, 6.07) is 1.99. The number of aryl methyl sites for hydroxylation is 1. The Morgan fingerprint density at radius 3 is 2.54 bits per heavy atom. The zero-order chi connectivity index (χ0) is 17.7. The van der Waals surface area contributed by atoms with E-state index < -0.39 is 0 Å². The molecular formula is C17H30ClN5O. The van der Waals surface area contributed by atoms with E-state index in [4.69, 9.17) is 16.3 Å². The van der Waals surface area contributed by atoms with E-state index in [-0.39, 0.29) is 5.54 Å². The summed E-state index contributed by atoms with van der Waals surface area (Å²) in [4.78, 5) is 8.87. The number of guanidine groups is 1. The van der Waals surface area contributed by atoms with Crippen molar-refractivity contribution in [1.82, 2.24) is 19.7 Å². The first-order valence-corrected chi connectivity index (χ1v) is 8.73. The van der Waals surface area contributed by atoms with Crippen LogP contribution in [-0.4, -0.2) is 73.8 Å². The van der Waals surface area contributed by atoms with Crippen LogP contribution >= 0.6 is 11.6 Å². The molecule has 0 bridgehead atoms. The maximum atomic E-state index is 6.08. The van der Waals surface area contributed by atoms with Gasteiger partial charge in [-0.2, -0.15) is 0 Å². The molecule has 0 unspecified atom stereocenters. The Labute approximate surface area is 150 Å². The number of likely N-dealkylation sites (N-methyl/N-ethyl adjacent to an activating group) is 1. The van der Waals surface area contributed by atoms with Crippen molar-refractivity contribution >= 4 is 17.6 Å². The second-order valence-electron chi connectivity index (χ2n) is 6.75. The molecule has 1 saturated heterocycles. The largest absolute Gasteiger partial charge is 0.381 e. The van der Waals surface area contributed by atoms with Crippen LogP contribution in [0, 0.1) is 0 Å². The molecule has 0 aromatic carbocycles. The van der Waals surface area contributed by atoms with Gasteiger partial charge in [-0.05, 0) is 33.0 Å². The molecule has 1 aliphatic heterocycles. The van der Waals surface area contributed by atoms with Gasteiger partial charge in [-0.1, -0.05) is 11.6 Å². The number of ether oxygens (including phenoxy) is 1. The minimum absolute atomic E-state index is 0.114. The third kappa shape index (κ3) is 4.43. The summed E-state index contributed by atoms with van der Waals surface area (Å²) in [6.07, 6.45) is 3.98. The first-order valence-electron chi connectivity index (χ1n) is 8.36. The van der Waals surface area contributed by atoms with Gasteiger partial charge < -0.3 is 24.4 Å². The highest BCUT2D eigenvalue weighted by molar-refractivity contribution is 6.30. The van der Waals surface area contributed by atoms with Gasteiger partial charge in [0.05, 0.1) is 11.6 Å². The van der Waals surface area contributed by atoms with Crippen LogP contribution < -0.4 is 5.32 Å². The van der Waals surface area contributed by atoms with Gasteiger partial charge in [-0.25, -0.2) is 0 Å². The summed E-state index contributed by atoms with van der Waals surface area (Å²) in [7, 11) is 10.2. The molecule has 0 radical (unpaired) electrons. The number of hydrogen-bond acceptors (Lipinski definition) is 3. The molecule has 1 aliphatic rings. The molecule has 1 fully saturated rings. The molecule has 1 aromatic heterocycles. The van der Waals surface area contributed by atoms with Crippen LogP contribution in [-0.2, 0) is 18.3 Å². The Hall–Kier alpha value is -1.24. The first-order chi connectivity index (χ1) is 11.4. The number of aliphatic imine (C=N–C) groups is 1. The van der Waals surface area contributed by atoms with Gasteiger partial charge in [0.25, 0.3) is 0 Å². The molecular weight excluding hydrogens is 326 g/mol. The summed E-state index contributed by atoms with van der Waals surface area (Å²) in [5.74, 6) is 0.889. The predicted octanol–water partition coefficient (Wildman–Crippen LogP) is 1.80. The minimum Gasteiger partial charge on any atom is -0.381 e. The quantitative estimate of drug-likeness (QED) is 0.646. The SMILES string of the molecule is CN=C(NCC1(N(C)C)CCOCC1)N(C)Cc1cc(Cl)cn1C. The van der Waals surface area contributed by atoms with Crippen molar-refractivity contribution in [2.75, 3.05) is 47.9 Å². The van der Waals surface area contributed by atoms with E-state index in [0.717, 1.165) is 55.8 Å². The summed E-state index contributed by atoms with van der Waals surface area (Å²) in [5, 5.41) is 4.31. The van der Waals surface area contributed by atoms with E-state index in [9.17, 15) is 0 Å². The Morgan fingerprint density at radius 2 is 2.04 bits per heavy atom. The number of aromatic nitrogens is 1. The maximum Gasteiger partial charge on any atom is 0.193 e. The lowest BCUT2D eigenvalue weighted by Gasteiger charge is -2.43. The first kappa shape index (κ1) is 19.1. The monoisotopic (exact) mass is 355 g/mol. The van der Waals surface area contributed by atoms with Crippen LogP contribution in [0.3, 0.4) is 0 Å². The number of hydrogen-bond donors (Lipinski definition) is 1. The Morgan fingerprint density at radius 1 is 1.38 bits per heavy atom. The second kappa shape index (κ2) is 8.23. The van der Waals surface area contributed by atoms with E-state index in [0.29, 0.717) is 0 Å².